The van der Waals surface area contributed by atoms with E-state index in [9.17, 15) is 9.59 Å². The molecule has 0 N–H and O–H groups in total. The molecule has 2 aliphatic rings. The molecule has 1 heterocycles. The van der Waals surface area contributed by atoms with Crippen LogP contribution in [0.15, 0.2) is 24.3 Å². The number of hydrogen-bond donors (Lipinski definition) is 0. The Hall–Kier alpha value is -2.15. The van der Waals surface area contributed by atoms with Crippen molar-refractivity contribution in [3.8, 4) is 6.07 Å². The van der Waals surface area contributed by atoms with Gasteiger partial charge in [0.1, 0.15) is 0 Å². The Kier molecular flexibility index (Phi) is 3.27. The monoisotopic (exact) mass is 268 g/mol. The van der Waals surface area contributed by atoms with Gasteiger partial charge in [-0.3, -0.25) is 14.5 Å². The maximum atomic E-state index is 12.5. The summed E-state index contributed by atoms with van der Waals surface area (Å²) >= 11 is 0. The van der Waals surface area contributed by atoms with E-state index in [1.54, 1.807) is 24.3 Å². The summed E-state index contributed by atoms with van der Waals surface area (Å²) in [5.41, 5.74) is 1.01. The first-order valence-electron chi connectivity index (χ1n) is 7.07. The highest BCUT2D eigenvalue weighted by Gasteiger charge is 2.44. The number of carbonyl (C=O) groups excluding carboxylic acids is 2. The van der Waals surface area contributed by atoms with Crippen LogP contribution < -0.4 is 0 Å². The largest absolute Gasteiger partial charge is 0.275 e. The number of imide groups is 1. The summed E-state index contributed by atoms with van der Waals surface area (Å²) in [5, 5.41) is 8.78. The Morgan fingerprint density at radius 3 is 2.60 bits per heavy atom. The fraction of sp³-hybridized carbons (Fsp3) is 0.438. The van der Waals surface area contributed by atoms with E-state index >= 15 is 0 Å². The third-order valence-electron chi connectivity index (χ3n) is 4.39. The van der Waals surface area contributed by atoms with Crippen LogP contribution in [0.1, 0.15) is 48.0 Å². The second-order valence-corrected chi connectivity index (χ2v) is 5.57. The van der Waals surface area contributed by atoms with Gasteiger partial charge >= 0.3 is 0 Å². The van der Waals surface area contributed by atoms with Gasteiger partial charge in [-0.25, -0.2) is 0 Å². The van der Waals surface area contributed by atoms with Crippen molar-refractivity contribution in [3.63, 3.8) is 0 Å². The van der Waals surface area contributed by atoms with Gasteiger partial charge in [0.05, 0.1) is 11.6 Å². The molecule has 2 amide bonds. The fourth-order valence-electron chi connectivity index (χ4n) is 3.36. The van der Waals surface area contributed by atoms with Gasteiger partial charge < -0.3 is 0 Å². The SMILES string of the molecule is N#Cc1ccc(C(=O)N2C(=O)CC3CCCCC32)cc1. The fourth-order valence-corrected chi connectivity index (χ4v) is 3.36. The topological polar surface area (TPSA) is 61.2 Å². The van der Waals surface area contributed by atoms with Crippen molar-refractivity contribution < 1.29 is 9.59 Å². The Bertz CT molecular complexity index is 585. The van der Waals surface area contributed by atoms with Crippen molar-refractivity contribution in [2.75, 3.05) is 0 Å². The molecule has 1 aromatic carbocycles. The van der Waals surface area contributed by atoms with E-state index in [1.165, 1.54) is 4.90 Å². The quantitative estimate of drug-likeness (QED) is 0.735. The van der Waals surface area contributed by atoms with Gasteiger partial charge in [-0.2, -0.15) is 5.26 Å². The number of benzene rings is 1. The number of nitrogens with zero attached hydrogens (tertiary/aromatic N) is 2. The standard InChI is InChI=1S/C16H16N2O2/c17-10-11-5-7-12(8-6-11)16(20)18-14-4-2-1-3-13(14)9-15(18)19/h5-8,13-14H,1-4,9H2. The Morgan fingerprint density at radius 1 is 1.20 bits per heavy atom. The molecule has 2 unspecified atom stereocenters. The first kappa shape index (κ1) is 12.9. The van der Waals surface area contributed by atoms with E-state index < -0.39 is 0 Å². The first-order chi connectivity index (χ1) is 9.70. The molecule has 0 radical (unpaired) electrons. The molecule has 2 fully saturated rings. The van der Waals surface area contributed by atoms with Crippen molar-refractivity contribution in [1.29, 1.82) is 5.26 Å². The summed E-state index contributed by atoms with van der Waals surface area (Å²) in [6.07, 6.45) is 4.73. The van der Waals surface area contributed by atoms with Crippen LogP contribution in [0.5, 0.6) is 0 Å². The number of amides is 2. The van der Waals surface area contributed by atoms with Gasteiger partial charge in [0, 0.05) is 18.0 Å². The molecule has 1 aliphatic heterocycles. The third kappa shape index (κ3) is 2.09. The highest BCUT2D eigenvalue weighted by atomic mass is 16.2. The smallest absolute Gasteiger partial charge is 0.260 e. The van der Waals surface area contributed by atoms with Crippen LogP contribution in [0.4, 0.5) is 0 Å². The van der Waals surface area contributed by atoms with E-state index in [-0.39, 0.29) is 17.9 Å². The maximum absolute atomic E-state index is 12.5. The van der Waals surface area contributed by atoms with Gasteiger partial charge in [0.25, 0.3) is 5.91 Å². The molecular weight excluding hydrogens is 252 g/mol. The molecule has 1 saturated carbocycles. The second-order valence-electron chi connectivity index (χ2n) is 5.57. The normalized spacial score (nSPS) is 25.1. The molecule has 1 aromatic rings. The minimum absolute atomic E-state index is 0.0451. The number of carbonyl (C=O) groups is 2. The molecular formula is C16H16N2O2. The molecule has 0 bridgehead atoms. The molecule has 102 valence electrons. The summed E-state index contributed by atoms with van der Waals surface area (Å²) in [6.45, 7) is 0. The lowest BCUT2D eigenvalue weighted by Gasteiger charge is -2.30. The Labute approximate surface area is 118 Å². The highest BCUT2D eigenvalue weighted by Crippen LogP contribution is 2.37. The van der Waals surface area contributed by atoms with E-state index in [1.807, 2.05) is 6.07 Å². The molecule has 2 atom stereocenters. The third-order valence-corrected chi connectivity index (χ3v) is 4.39. The highest BCUT2D eigenvalue weighted by molar-refractivity contribution is 6.06. The summed E-state index contributed by atoms with van der Waals surface area (Å²) in [5.74, 6) is 0.0868. The van der Waals surface area contributed by atoms with Gasteiger partial charge in [0.15, 0.2) is 0 Å². The second kappa shape index (κ2) is 5.09. The minimum Gasteiger partial charge on any atom is -0.275 e. The average molecular weight is 268 g/mol. The molecule has 1 aliphatic carbocycles. The van der Waals surface area contributed by atoms with Gasteiger partial charge in [-0.05, 0) is 43.0 Å². The predicted molar refractivity (Wildman–Crippen MR) is 72.7 cm³/mol. The summed E-state index contributed by atoms with van der Waals surface area (Å²) < 4.78 is 0. The number of nitriles is 1. The molecule has 0 spiro atoms. The van der Waals surface area contributed by atoms with Crippen LogP contribution >= 0.6 is 0 Å². The number of rotatable bonds is 1. The molecule has 0 aromatic heterocycles. The lowest BCUT2D eigenvalue weighted by molar-refractivity contribution is -0.126. The Morgan fingerprint density at radius 2 is 1.90 bits per heavy atom. The van der Waals surface area contributed by atoms with Gasteiger partial charge in [0.2, 0.25) is 5.91 Å². The zero-order chi connectivity index (χ0) is 14.1. The van der Waals surface area contributed by atoms with E-state index in [2.05, 4.69) is 0 Å². The zero-order valence-corrected chi connectivity index (χ0v) is 11.2. The van der Waals surface area contributed by atoms with Crippen molar-refractivity contribution in [1.82, 2.24) is 4.90 Å². The lowest BCUT2D eigenvalue weighted by atomic mass is 9.85. The lowest BCUT2D eigenvalue weighted by Crippen LogP contribution is -2.41. The maximum Gasteiger partial charge on any atom is 0.260 e. The van der Waals surface area contributed by atoms with Crippen LogP contribution in [0.25, 0.3) is 0 Å². The number of likely N-dealkylation sites (tertiary alicyclic amines) is 1. The average Bonchev–Trinajstić information content (AvgIpc) is 2.82. The van der Waals surface area contributed by atoms with Crippen molar-refractivity contribution >= 4 is 11.8 Å². The first-order valence-corrected chi connectivity index (χ1v) is 7.07. The zero-order valence-electron chi connectivity index (χ0n) is 11.2. The van der Waals surface area contributed by atoms with Crippen molar-refractivity contribution in [2.45, 2.75) is 38.1 Å². The molecule has 3 rings (SSSR count). The van der Waals surface area contributed by atoms with Crippen LogP contribution in [0.3, 0.4) is 0 Å². The van der Waals surface area contributed by atoms with Crippen LogP contribution in [-0.4, -0.2) is 22.8 Å². The number of hydrogen-bond acceptors (Lipinski definition) is 3. The summed E-state index contributed by atoms with van der Waals surface area (Å²) in [7, 11) is 0. The summed E-state index contributed by atoms with van der Waals surface area (Å²) in [4.78, 5) is 26.1. The minimum atomic E-state index is -0.214. The van der Waals surface area contributed by atoms with Crippen LogP contribution in [0.2, 0.25) is 0 Å². The van der Waals surface area contributed by atoms with Crippen molar-refractivity contribution in [3.05, 3.63) is 35.4 Å². The van der Waals surface area contributed by atoms with Gasteiger partial charge in [-0.1, -0.05) is 12.8 Å². The van der Waals surface area contributed by atoms with Crippen LogP contribution in [0, 0.1) is 17.2 Å². The Balaban J connectivity index is 1.85. The number of fused-ring (bicyclic) bond motifs is 1. The molecule has 4 nitrogen and oxygen atoms in total. The molecule has 4 heteroatoms. The van der Waals surface area contributed by atoms with Gasteiger partial charge in [-0.15, -0.1) is 0 Å². The van der Waals surface area contributed by atoms with E-state index in [0.717, 1.165) is 25.7 Å². The summed E-state index contributed by atoms with van der Waals surface area (Å²) in [6, 6.07) is 8.60. The van der Waals surface area contributed by atoms with E-state index in [4.69, 9.17) is 5.26 Å². The molecule has 20 heavy (non-hydrogen) atoms. The predicted octanol–water partition coefficient (Wildman–Crippen LogP) is 2.49. The van der Waals surface area contributed by atoms with E-state index in [0.29, 0.717) is 23.5 Å². The van der Waals surface area contributed by atoms with Crippen molar-refractivity contribution in [2.24, 2.45) is 5.92 Å². The molecule has 1 saturated heterocycles. The van der Waals surface area contributed by atoms with Crippen LogP contribution in [-0.2, 0) is 4.79 Å².